The van der Waals surface area contributed by atoms with Gasteiger partial charge in [-0.25, -0.2) is 0 Å². The molecule has 5 nitrogen and oxygen atoms in total. The van der Waals surface area contributed by atoms with Crippen molar-refractivity contribution in [2.45, 2.75) is 24.8 Å². The maximum atomic E-state index is 11.3. The molecule has 0 atom stereocenters. The number of nitrogens with two attached hydrogens (primary N) is 1. The summed E-state index contributed by atoms with van der Waals surface area (Å²) in [6, 6.07) is 23.9. The Morgan fingerprint density at radius 3 is 2.30 bits per heavy atom. The smallest absolute Gasteiger partial charge is 0.248 e. The summed E-state index contributed by atoms with van der Waals surface area (Å²) in [4.78, 5) is 11.3. The third-order valence-corrected chi connectivity index (χ3v) is 5.91. The summed E-state index contributed by atoms with van der Waals surface area (Å²) in [6.07, 6.45) is 0. The summed E-state index contributed by atoms with van der Waals surface area (Å²) in [6.45, 7) is 4.16. The number of carbonyl (C=O) groups is 1. The van der Waals surface area contributed by atoms with Gasteiger partial charge in [0.25, 0.3) is 0 Å². The molecule has 0 spiro atoms. The first kappa shape index (κ1) is 19.9. The van der Waals surface area contributed by atoms with Gasteiger partial charge in [-0.2, -0.15) is 0 Å². The van der Waals surface area contributed by atoms with Gasteiger partial charge in [0.05, 0.1) is 5.69 Å². The summed E-state index contributed by atoms with van der Waals surface area (Å²) in [7, 11) is 0. The molecule has 6 heteroatoms. The average Bonchev–Trinajstić information content (AvgIpc) is 3.17. The van der Waals surface area contributed by atoms with Crippen LogP contribution in [0, 0.1) is 13.8 Å². The van der Waals surface area contributed by atoms with E-state index in [1.807, 2.05) is 24.3 Å². The van der Waals surface area contributed by atoms with Gasteiger partial charge in [-0.1, -0.05) is 71.9 Å². The van der Waals surface area contributed by atoms with Crippen LogP contribution in [0.5, 0.6) is 0 Å². The van der Waals surface area contributed by atoms with Crippen molar-refractivity contribution in [2.24, 2.45) is 5.73 Å². The zero-order chi connectivity index (χ0) is 21.1. The van der Waals surface area contributed by atoms with Crippen molar-refractivity contribution in [3.05, 3.63) is 95.1 Å². The minimum atomic E-state index is -0.420. The lowest BCUT2D eigenvalue weighted by atomic mass is 10.1. The van der Waals surface area contributed by atoms with Crippen molar-refractivity contribution >= 4 is 17.7 Å². The number of amides is 1. The molecule has 0 radical (unpaired) electrons. The highest BCUT2D eigenvalue weighted by molar-refractivity contribution is 7.98. The molecule has 0 bridgehead atoms. The second kappa shape index (κ2) is 8.55. The largest absolute Gasteiger partial charge is 0.366 e. The van der Waals surface area contributed by atoms with E-state index in [9.17, 15) is 4.79 Å². The minimum Gasteiger partial charge on any atom is -0.366 e. The van der Waals surface area contributed by atoms with Crippen molar-refractivity contribution in [1.82, 2.24) is 14.8 Å². The second-order valence-corrected chi connectivity index (χ2v) is 8.09. The number of aromatic nitrogens is 3. The Morgan fingerprint density at radius 1 is 0.933 bits per heavy atom. The zero-order valence-corrected chi connectivity index (χ0v) is 17.7. The lowest BCUT2D eigenvalue weighted by Gasteiger charge is -2.13. The molecule has 3 aromatic carbocycles. The number of aryl methyl sites for hydroxylation is 2. The van der Waals surface area contributed by atoms with Crippen molar-refractivity contribution in [3.63, 3.8) is 0 Å². The van der Waals surface area contributed by atoms with Crippen molar-refractivity contribution in [1.29, 1.82) is 0 Å². The van der Waals surface area contributed by atoms with Crippen LogP contribution in [0.15, 0.2) is 78.0 Å². The molecule has 1 heterocycles. The van der Waals surface area contributed by atoms with Crippen LogP contribution in [-0.2, 0) is 5.75 Å². The average molecular weight is 415 g/mol. The molecule has 30 heavy (non-hydrogen) atoms. The molecule has 0 aliphatic heterocycles. The van der Waals surface area contributed by atoms with Crippen LogP contribution in [0.2, 0.25) is 0 Å². The number of hydrogen-bond acceptors (Lipinski definition) is 4. The maximum absolute atomic E-state index is 11.3. The monoisotopic (exact) mass is 414 g/mol. The lowest BCUT2D eigenvalue weighted by molar-refractivity contribution is 0.100. The highest BCUT2D eigenvalue weighted by atomic mass is 32.2. The van der Waals surface area contributed by atoms with Gasteiger partial charge in [-0.3, -0.25) is 9.36 Å². The van der Waals surface area contributed by atoms with Gasteiger partial charge in [-0.05, 0) is 43.2 Å². The molecule has 0 saturated heterocycles. The van der Waals surface area contributed by atoms with E-state index in [1.54, 1.807) is 23.9 Å². The highest BCUT2D eigenvalue weighted by Crippen LogP contribution is 2.31. The normalized spacial score (nSPS) is 10.9. The number of primary amides is 1. The number of thioether (sulfide) groups is 1. The molecular formula is C24H22N4OS. The number of carbonyl (C=O) groups excluding carboxylic acids is 1. The van der Waals surface area contributed by atoms with Crippen molar-refractivity contribution < 1.29 is 4.79 Å². The first-order chi connectivity index (χ1) is 14.5. The molecule has 1 amide bonds. The Morgan fingerprint density at radius 2 is 1.63 bits per heavy atom. The maximum Gasteiger partial charge on any atom is 0.248 e. The van der Waals surface area contributed by atoms with E-state index in [1.165, 1.54) is 5.56 Å². The summed E-state index contributed by atoms with van der Waals surface area (Å²) in [5.41, 5.74) is 11.4. The van der Waals surface area contributed by atoms with Gasteiger partial charge in [-0.15, -0.1) is 10.2 Å². The number of benzene rings is 3. The molecule has 1 aromatic heterocycles. The van der Waals surface area contributed by atoms with E-state index in [0.717, 1.165) is 33.4 Å². The third kappa shape index (κ3) is 4.14. The molecule has 0 aliphatic rings. The standard InChI is InChI=1S/C24H22N4OS/c1-16-7-11-20(12-8-16)23-26-27-24(28(23)21-6-4-3-5-17(21)2)30-15-18-9-13-19(14-10-18)22(25)29/h3-14H,15H2,1-2H3,(H2,25,29). The van der Waals surface area contributed by atoms with Crippen LogP contribution in [0.1, 0.15) is 27.0 Å². The Kier molecular flexibility index (Phi) is 5.68. The van der Waals surface area contributed by atoms with Crippen molar-refractivity contribution in [3.8, 4) is 17.1 Å². The van der Waals surface area contributed by atoms with Gasteiger partial charge < -0.3 is 5.73 Å². The Hall–Kier alpha value is -3.38. The van der Waals surface area contributed by atoms with Gasteiger partial charge in [0.15, 0.2) is 11.0 Å². The summed E-state index contributed by atoms with van der Waals surface area (Å²) >= 11 is 1.61. The topological polar surface area (TPSA) is 73.8 Å². The van der Waals surface area contributed by atoms with Crippen LogP contribution in [-0.4, -0.2) is 20.7 Å². The van der Waals surface area contributed by atoms with Gasteiger partial charge in [0.1, 0.15) is 0 Å². The Bertz CT molecular complexity index is 1180. The fraction of sp³-hybridized carbons (Fsp3) is 0.125. The summed E-state index contributed by atoms with van der Waals surface area (Å²) < 4.78 is 2.11. The molecular weight excluding hydrogens is 392 g/mol. The first-order valence-electron chi connectivity index (χ1n) is 9.63. The lowest BCUT2D eigenvalue weighted by Crippen LogP contribution is -2.10. The second-order valence-electron chi connectivity index (χ2n) is 7.14. The quantitative estimate of drug-likeness (QED) is 0.454. The predicted molar refractivity (Wildman–Crippen MR) is 121 cm³/mol. The Balaban J connectivity index is 1.70. The molecule has 2 N–H and O–H groups in total. The fourth-order valence-electron chi connectivity index (χ4n) is 3.20. The molecule has 0 saturated carbocycles. The van der Waals surface area contributed by atoms with Crippen LogP contribution < -0.4 is 5.73 Å². The van der Waals surface area contributed by atoms with Crippen LogP contribution in [0.3, 0.4) is 0 Å². The summed E-state index contributed by atoms with van der Waals surface area (Å²) in [5, 5.41) is 9.83. The predicted octanol–water partition coefficient (Wildman–Crippen LogP) is 4.94. The zero-order valence-electron chi connectivity index (χ0n) is 16.9. The van der Waals surface area contributed by atoms with E-state index >= 15 is 0 Å². The molecule has 150 valence electrons. The van der Waals surface area contributed by atoms with Gasteiger partial charge in [0, 0.05) is 16.9 Å². The van der Waals surface area contributed by atoms with Gasteiger partial charge >= 0.3 is 0 Å². The molecule has 0 unspecified atom stereocenters. The molecule has 4 aromatic rings. The van der Waals surface area contributed by atoms with Crippen LogP contribution in [0.25, 0.3) is 17.1 Å². The van der Waals surface area contributed by atoms with E-state index in [-0.39, 0.29) is 0 Å². The first-order valence-corrected chi connectivity index (χ1v) is 10.6. The van der Waals surface area contributed by atoms with Gasteiger partial charge in [0.2, 0.25) is 5.91 Å². The van der Waals surface area contributed by atoms with Crippen LogP contribution in [0.4, 0.5) is 0 Å². The molecule has 4 rings (SSSR count). The minimum absolute atomic E-state index is 0.420. The fourth-order valence-corrected chi connectivity index (χ4v) is 4.10. The highest BCUT2D eigenvalue weighted by Gasteiger charge is 2.17. The number of rotatable bonds is 6. The Labute approximate surface area is 180 Å². The molecule has 0 aliphatic carbocycles. The van der Waals surface area contributed by atoms with E-state index in [2.05, 4.69) is 65.0 Å². The van der Waals surface area contributed by atoms with E-state index < -0.39 is 5.91 Å². The SMILES string of the molecule is Cc1ccc(-c2nnc(SCc3ccc(C(N)=O)cc3)n2-c2ccccc2C)cc1. The number of para-hydroxylation sites is 1. The number of nitrogens with zero attached hydrogens (tertiary/aromatic N) is 3. The third-order valence-electron chi connectivity index (χ3n) is 4.91. The van der Waals surface area contributed by atoms with Crippen molar-refractivity contribution in [2.75, 3.05) is 0 Å². The summed E-state index contributed by atoms with van der Waals surface area (Å²) in [5.74, 6) is 1.10. The van der Waals surface area contributed by atoms with E-state index in [0.29, 0.717) is 11.3 Å². The van der Waals surface area contributed by atoms with E-state index in [4.69, 9.17) is 5.73 Å². The number of hydrogen-bond donors (Lipinski definition) is 1. The van der Waals surface area contributed by atoms with Crippen LogP contribution >= 0.6 is 11.8 Å². The molecule has 0 fully saturated rings.